The van der Waals surface area contributed by atoms with E-state index in [1.165, 1.54) is 11.0 Å². The van der Waals surface area contributed by atoms with Crippen molar-refractivity contribution in [2.75, 3.05) is 38.0 Å². The zero-order valence-electron chi connectivity index (χ0n) is 16.8. The molecule has 0 bridgehead atoms. The summed E-state index contributed by atoms with van der Waals surface area (Å²) in [5.74, 6) is 0.467. The molecule has 0 radical (unpaired) electrons. The van der Waals surface area contributed by atoms with Crippen molar-refractivity contribution in [1.29, 1.82) is 0 Å². The lowest BCUT2D eigenvalue weighted by molar-refractivity contribution is -0.895. The van der Waals surface area contributed by atoms with E-state index in [0.29, 0.717) is 18.1 Å². The Kier molecular flexibility index (Phi) is 8.42. The van der Waals surface area contributed by atoms with Crippen LogP contribution in [0.1, 0.15) is 25.2 Å². The Balaban J connectivity index is 2.03. The first-order chi connectivity index (χ1) is 13.5. The van der Waals surface area contributed by atoms with Crippen molar-refractivity contribution in [3.8, 4) is 0 Å². The number of carbonyl (C=O) groups excluding carboxylic acids is 2. The molecule has 0 fully saturated rings. The minimum absolute atomic E-state index is 0.0371. The van der Waals surface area contributed by atoms with Crippen LogP contribution in [0, 0.1) is 6.92 Å². The molecule has 0 saturated heterocycles. The van der Waals surface area contributed by atoms with Crippen LogP contribution in [0.4, 0.5) is 5.82 Å². The van der Waals surface area contributed by atoms with Crippen LogP contribution in [0.25, 0.3) is 6.08 Å². The number of nitrogens with zero attached hydrogens (tertiary/aromatic N) is 2. The highest BCUT2D eigenvalue weighted by atomic mass is 16.5. The highest BCUT2D eigenvalue weighted by Gasteiger charge is 2.18. The minimum Gasteiger partial charge on any atom is -0.360 e. The molecule has 0 atom stereocenters. The van der Waals surface area contributed by atoms with Gasteiger partial charge in [-0.1, -0.05) is 35.5 Å². The molecule has 0 spiro atoms. The number of aryl methyl sites for hydroxylation is 1. The predicted molar refractivity (Wildman–Crippen MR) is 109 cm³/mol. The van der Waals surface area contributed by atoms with E-state index >= 15 is 0 Å². The van der Waals surface area contributed by atoms with Crippen molar-refractivity contribution >= 4 is 23.7 Å². The van der Waals surface area contributed by atoms with Gasteiger partial charge in [0.25, 0.3) is 0 Å². The van der Waals surface area contributed by atoms with E-state index in [9.17, 15) is 9.59 Å². The van der Waals surface area contributed by atoms with E-state index in [-0.39, 0.29) is 18.4 Å². The van der Waals surface area contributed by atoms with Crippen LogP contribution in [0.15, 0.2) is 47.0 Å². The SMILES string of the molecule is CC[NH+](CC)CCN(CC(=O)Nc1cc(C)on1)C(=O)/C=C/c1ccccc1. The van der Waals surface area contributed by atoms with Crippen LogP contribution in [-0.2, 0) is 9.59 Å². The van der Waals surface area contributed by atoms with E-state index in [4.69, 9.17) is 4.52 Å². The second-order valence-electron chi connectivity index (χ2n) is 6.58. The van der Waals surface area contributed by atoms with Crippen molar-refractivity contribution in [3.05, 3.63) is 53.8 Å². The monoisotopic (exact) mass is 385 g/mol. The zero-order chi connectivity index (χ0) is 20.4. The van der Waals surface area contributed by atoms with Gasteiger partial charge in [-0.15, -0.1) is 0 Å². The molecule has 0 aliphatic carbocycles. The van der Waals surface area contributed by atoms with Crippen LogP contribution < -0.4 is 10.2 Å². The molecule has 7 nitrogen and oxygen atoms in total. The number of hydrogen-bond donors (Lipinski definition) is 2. The highest BCUT2D eigenvalue weighted by molar-refractivity contribution is 5.97. The fourth-order valence-electron chi connectivity index (χ4n) is 2.78. The van der Waals surface area contributed by atoms with Gasteiger partial charge in [-0.25, -0.2) is 0 Å². The maximum atomic E-state index is 12.7. The summed E-state index contributed by atoms with van der Waals surface area (Å²) in [5.41, 5.74) is 0.938. The molecule has 1 heterocycles. The van der Waals surface area contributed by atoms with Gasteiger partial charge in [-0.2, -0.15) is 0 Å². The summed E-state index contributed by atoms with van der Waals surface area (Å²) in [6.45, 7) is 9.17. The van der Waals surface area contributed by atoms with E-state index in [1.54, 1.807) is 24.0 Å². The number of carbonyl (C=O) groups is 2. The number of likely N-dealkylation sites (N-methyl/N-ethyl adjacent to an activating group) is 1. The predicted octanol–water partition coefficient (Wildman–Crippen LogP) is 1.39. The third-order valence-electron chi connectivity index (χ3n) is 4.49. The second kappa shape index (κ2) is 11.0. The molecule has 1 aromatic heterocycles. The van der Waals surface area contributed by atoms with Gasteiger partial charge in [0.2, 0.25) is 11.8 Å². The third kappa shape index (κ3) is 7.00. The van der Waals surface area contributed by atoms with E-state index in [2.05, 4.69) is 24.3 Å². The molecule has 0 aliphatic rings. The Morgan fingerprint density at radius 1 is 1.21 bits per heavy atom. The number of hydrogen-bond acceptors (Lipinski definition) is 4. The zero-order valence-corrected chi connectivity index (χ0v) is 16.8. The molecule has 2 aromatic rings. The number of quaternary nitrogens is 1. The topological polar surface area (TPSA) is 79.9 Å². The summed E-state index contributed by atoms with van der Waals surface area (Å²) in [4.78, 5) is 28.0. The molecule has 7 heteroatoms. The van der Waals surface area contributed by atoms with E-state index < -0.39 is 0 Å². The minimum atomic E-state index is -0.302. The van der Waals surface area contributed by atoms with Crippen molar-refractivity contribution < 1.29 is 19.0 Å². The van der Waals surface area contributed by atoms with Gasteiger partial charge < -0.3 is 19.6 Å². The quantitative estimate of drug-likeness (QED) is 0.606. The van der Waals surface area contributed by atoms with Crippen molar-refractivity contribution in [1.82, 2.24) is 10.1 Å². The highest BCUT2D eigenvalue weighted by Crippen LogP contribution is 2.07. The first-order valence-corrected chi connectivity index (χ1v) is 9.60. The Labute approximate surface area is 166 Å². The van der Waals surface area contributed by atoms with Crippen LogP contribution in [-0.4, -0.2) is 54.6 Å². The Morgan fingerprint density at radius 2 is 1.93 bits per heavy atom. The smallest absolute Gasteiger partial charge is 0.247 e. The number of benzene rings is 1. The van der Waals surface area contributed by atoms with E-state index in [0.717, 1.165) is 25.2 Å². The fraction of sp³-hybridized carbons (Fsp3) is 0.381. The van der Waals surface area contributed by atoms with Gasteiger partial charge in [0.1, 0.15) is 12.3 Å². The molecule has 2 amide bonds. The summed E-state index contributed by atoms with van der Waals surface area (Å²) in [7, 11) is 0. The van der Waals surface area contributed by atoms with Gasteiger partial charge in [0, 0.05) is 12.1 Å². The summed E-state index contributed by atoms with van der Waals surface area (Å²) < 4.78 is 4.95. The standard InChI is InChI=1S/C21H28N4O3/c1-4-24(5-2)13-14-25(16-20(26)22-19-15-17(3)28-23-19)21(27)12-11-18-9-7-6-8-10-18/h6-12,15H,4-5,13-14,16H2,1-3H3,(H,22,23,26)/p+1/b12-11+. The summed E-state index contributed by atoms with van der Waals surface area (Å²) in [6.07, 6.45) is 3.28. The summed E-state index contributed by atoms with van der Waals surface area (Å²) in [6, 6.07) is 11.2. The number of amides is 2. The average Bonchev–Trinajstić information content (AvgIpc) is 3.11. The maximum absolute atomic E-state index is 12.7. The lowest BCUT2D eigenvalue weighted by Gasteiger charge is -2.23. The second-order valence-corrected chi connectivity index (χ2v) is 6.58. The molecule has 28 heavy (non-hydrogen) atoms. The van der Waals surface area contributed by atoms with Gasteiger partial charge in [0.05, 0.1) is 26.2 Å². The molecular weight excluding hydrogens is 356 g/mol. The average molecular weight is 385 g/mol. The van der Waals surface area contributed by atoms with Crippen LogP contribution in [0.3, 0.4) is 0 Å². The first kappa shape index (κ1) is 21.4. The number of nitrogens with one attached hydrogen (secondary N) is 2. The van der Waals surface area contributed by atoms with Gasteiger partial charge in [-0.3, -0.25) is 9.59 Å². The van der Waals surface area contributed by atoms with Crippen molar-refractivity contribution in [2.24, 2.45) is 0 Å². The van der Waals surface area contributed by atoms with Crippen LogP contribution in [0.2, 0.25) is 0 Å². The summed E-state index contributed by atoms with van der Waals surface area (Å²) >= 11 is 0. The van der Waals surface area contributed by atoms with Gasteiger partial charge in [0.15, 0.2) is 5.82 Å². The molecule has 2 N–H and O–H groups in total. The Bertz CT molecular complexity index is 782. The molecule has 150 valence electrons. The third-order valence-corrected chi connectivity index (χ3v) is 4.49. The Morgan fingerprint density at radius 3 is 2.54 bits per heavy atom. The molecule has 1 aromatic carbocycles. The number of anilines is 1. The number of rotatable bonds is 10. The van der Waals surface area contributed by atoms with Crippen LogP contribution in [0.5, 0.6) is 0 Å². The normalized spacial score (nSPS) is 11.1. The number of aromatic nitrogens is 1. The Hall–Kier alpha value is -2.93. The van der Waals surface area contributed by atoms with Gasteiger partial charge >= 0.3 is 0 Å². The molecule has 0 unspecified atom stereocenters. The van der Waals surface area contributed by atoms with E-state index in [1.807, 2.05) is 30.3 Å². The van der Waals surface area contributed by atoms with Gasteiger partial charge in [-0.05, 0) is 32.4 Å². The first-order valence-electron chi connectivity index (χ1n) is 9.60. The lowest BCUT2D eigenvalue weighted by atomic mass is 10.2. The maximum Gasteiger partial charge on any atom is 0.247 e. The van der Waals surface area contributed by atoms with Crippen LogP contribution >= 0.6 is 0 Å². The van der Waals surface area contributed by atoms with Crippen molar-refractivity contribution in [3.63, 3.8) is 0 Å². The van der Waals surface area contributed by atoms with Crippen molar-refractivity contribution in [2.45, 2.75) is 20.8 Å². The lowest BCUT2D eigenvalue weighted by Crippen LogP contribution is -3.12. The molecule has 0 aliphatic heterocycles. The largest absolute Gasteiger partial charge is 0.360 e. The molecular formula is C21H29N4O3+. The molecule has 2 rings (SSSR count). The fourth-order valence-corrected chi connectivity index (χ4v) is 2.78. The summed E-state index contributed by atoms with van der Waals surface area (Å²) in [5, 5.41) is 6.43. The molecule has 0 saturated carbocycles.